The number of rotatable bonds is 6. The van der Waals surface area contributed by atoms with Crippen LogP contribution in [0.25, 0.3) is 0 Å². The molecule has 1 aromatic carbocycles. The number of benzene rings is 1. The molecule has 0 aliphatic rings. The first kappa shape index (κ1) is 14.6. The lowest BCUT2D eigenvalue weighted by Crippen LogP contribution is -2.40. The van der Waals surface area contributed by atoms with E-state index in [0.29, 0.717) is 11.9 Å². The second-order valence-electron chi connectivity index (χ2n) is 4.32. The lowest BCUT2D eigenvalue weighted by atomic mass is 10.1. The standard InChI is InChI=1S/C13H18BrF2N/c1-11(2)17(9-8-14)10-13(15,16)12-6-4-3-5-7-12/h3-7,11H,8-10H2,1-2H3. The zero-order chi connectivity index (χ0) is 12.9. The molecule has 17 heavy (non-hydrogen) atoms. The molecule has 1 rings (SSSR count). The van der Waals surface area contributed by atoms with Crippen molar-refractivity contribution in [1.82, 2.24) is 4.90 Å². The van der Waals surface area contributed by atoms with Crippen molar-refractivity contribution in [1.29, 1.82) is 0 Å². The lowest BCUT2D eigenvalue weighted by molar-refractivity contribution is -0.0433. The van der Waals surface area contributed by atoms with Gasteiger partial charge in [0.1, 0.15) is 0 Å². The fraction of sp³-hybridized carbons (Fsp3) is 0.538. The van der Waals surface area contributed by atoms with E-state index < -0.39 is 5.92 Å². The fourth-order valence-corrected chi connectivity index (χ4v) is 2.11. The number of halogens is 3. The van der Waals surface area contributed by atoms with Crippen molar-refractivity contribution >= 4 is 15.9 Å². The molecule has 0 aliphatic heterocycles. The normalized spacial score (nSPS) is 12.4. The van der Waals surface area contributed by atoms with Gasteiger partial charge in [-0.25, -0.2) is 0 Å². The van der Waals surface area contributed by atoms with Crippen LogP contribution in [-0.4, -0.2) is 29.4 Å². The van der Waals surface area contributed by atoms with E-state index in [9.17, 15) is 8.78 Å². The van der Waals surface area contributed by atoms with E-state index in [1.165, 1.54) is 12.1 Å². The molecule has 0 aliphatic carbocycles. The Morgan fingerprint density at radius 3 is 2.29 bits per heavy atom. The molecule has 0 radical (unpaired) electrons. The molecule has 0 saturated carbocycles. The Hall–Kier alpha value is -0.480. The van der Waals surface area contributed by atoms with E-state index >= 15 is 0 Å². The summed E-state index contributed by atoms with van der Waals surface area (Å²) < 4.78 is 28.1. The van der Waals surface area contributed by atoms with Gasteiger partial charge < -0.3 is 0 Å². The summed E-state index contributed by atoms with van der Waals surface area (Å²) in [6, 6.07) is 8.11. The molecule has 0 spiro atoms. The van der Waals surface area contributed by atoms with Crippen molar-refractivity contribution in [2.75, 3.05) is 18.4 Å². The first-order valence-corrected chi connectivity index (χ1v) is 6.83. The molecular weight excluding hydrogens is 288 g/mol. The van der Waals surface area contributed by atoms with Crippen LogP contribution < -0.4 is 0 Å². The summed E-state index contributed by atoms with van der Waals surface area (Å²) in [4.78, 5) is 1.78. The van der Waals surface area contributed by atoms with E-state index in [1.54, 1.807) is 23.1 Å². The van der Waals surface area contributed by atoms with Gasteiger partial charge in [0, 0.05) is 23.5 Å². The third-order valence-electron chi connectivity index (χ3n) is 2.70. The van der Waals surface area contributed by atoms with Crippen molar-refractivity contribution in [3.63, 3.8) is 0 Å². The van der Waals surface area contributed by atoms with Crippen LogP contribution in [0.3, 0.4) is 0 Å². The molecule has 0 fully saturated rings. The highest BCUT2D eigenvalue weighted by Gasteiger charge is 2.34. The summed E-state index contributed by atoms with van der Waals surface area (Å²) in [6.07, 6.45) is 0. The van der Waals surface area contributed by atoms with Gasteiger partial charge in [-0.3, -0.25) is 4.90 Å². The van der Waals surface area contributed by atoms with Crippen LogP contribution in [0.15, 0.2) is 30.3 Å². The highest BCUT2D eigenvalue weighted by atomic mass is 79.9. The topological polar surface area (TPSA) is 3.24 Å². The second-order valence-corrected chi connectivity index (χ2v) is 5.12. The Kier molecular flexibility index (Phi) is 5.53. The van der Waals surface area contributed by atoms with Crippen LogP contribution in [0.2, 0.25) is 0 Å². The van der Waals surface area contributed by atoms with Gasteiger partial charge in [-0.05, 0) is 13.8 Å². The molecule has 0 heterocycles. The minimum Gasteiger partial charge on any atom is -0.294 e. The Morgan fingerprint density at radius 2 is 1.82 bits per heavy atom. The fourth-order valence-electron chi connectivity index (χ4n) is 1.66. The maximum Gasteiger partial charge on any atom is 0.285 e. The van der Waals surface area contributed by atoms with E-state index in [1.807, 2.05) is 13.8 Å². The van der Waals surface area contributed by atoms with Crippen LogP contribution in [0, 0.1) is 0 Å². The molecular formula is C13H18BrF2N. The van der Waals surface area contributed by atoms with Crippen molar-refractivity contribution in [2.24, 2.45) is 0 Å². The third-order valence-corrected chi connectivity index (χ3v) is 3.05. The quantitative estimate of drug-likeness (QED) is 0.721. The van der Waals surface area contributed by atoms with E-state index in [4.69, 9.17) is 0 Å². The van der Waals surface area contributed by atoms with Crippen molar-refractivity contribution in [3.05, 3.63) is 35.9 Å². The molecule has 96 valence electrons. The summed E-state index contributed by atoms with van der Waals surface area (Å²) >= 11 is 3.30. The molecule has 0 aromatic heterocycles. The maximum absolute atomic E-state index is 14.0. The predicted molar refractivity (Wildman–Crippen MR) is 70.8 cm³/mol. The molecule has 0 unspecified atom stereocenters. The molecule has 0 N–H and O–H groups in total. The van der Waals surface area contributed by atoms with Crippen LogP contribution >= 0.6 is 15.9 Å². The number of hydrogen-bond donors (Lipinski definition) is 0. The van der Waals surface area contributed by atoms with Crippen LogP contribution in [0.4, 0.5) is 8.78 Å². The molecule has 0 saturated heterocycles. The zero-order valence-corrected chi connectivity index (χ0v) is 11.8. The van der Waals surface area contributed by atoms with Crippen LogP contribution in [0.5, 0.6) is 0 Å². The minimum absolute atomic E-state index is 0.0835. The van der Waals surface area contributed by atoms with Crippen molar-refractivity contribution < 1.29 is 8.78 Å². The summed E-state index contributed by atoms with van der Waals surface area (Å²) in [5.41, 5.74) is 0.0835. The van der Waals surface area contributed by atoms with Crippen LogP contribution in [0.1, 0.15) is 19.4 Å². The monoisotopic (exact) mass is 305 g/mol. The van der Waals surface area contributed by atoms with E-state index in [2.05, 4.69) is 15.9 Å². The Balaban J connectivity index is 2.77. The largest absolute Gasteiger partial charge is 0.294 e. The van der Waals surface area contributed by atoms with Gasteiger partial charge in [0.2, 0.25) is 0 Å². The van der Waals surface area contributed by atoms with Gasteiger partial charge in [0.05, 0.1) is 6.54 Å². The maximum atomic E-state index is 14.0. The Morgan fingerprint density at radius 1 is 1.24 bits per heavy atom. The lowest BCUT2D eigenvalue weighted by Gasteiger charge is -2.30. The first-order chi connectivity index (χ1) is 7.97. The highest BCUT2D eigenvalue weighted by molar-refractivity contribution is 9.09. The smallest absolute Gasteiger partial charge is 0.285 e. The summed E-state index contributed by atoms with van der Waals surface area (Å²) in [5, 5.41) is 0.704. The van der Waals surface area contributed by atoms with Gasteiger partial charge in [-0.1, -0.05) is 46.3 Å². The molecule has 4 heteroatoms. The summed E-state index contributed by atoms with van der Waals surface area (Å²) in [6.45, 7) is 4.26. The number of hydrogen-bond acceptors (Lipinski definition) is 1. The molecule has 0 bridgehead atoms. The average Bonchev–Trinajstić information content (AvgIpc) is 2.29. The summed E-state index contributed by atoms with van der Waals surface area (Å²) in [7, 11) is 0. The minimum atomic E-state index is -2.80. The Labute approximate surface area is 110 Å². The SMILES string of the molecule is CC(C)N(CCBr)CC(F)(F)c1ccccc1. The molecule has 1 aromatic rings. The third kappa shape index (κ3) is 4.36. The van der Waals surface area contributed by atoms with Gasteiger partial charge in [-0.15, -0.1) is 0 Å². The first-order valence-electron chi connectivity index (χ1n) is 5.70. The number of alkyl halides is 3. The zero-order valence-electron chi connectivity index (χ0n) is 10.2. The van der Waals surface area contributed by atoms with Crippen molar-refractivity contribution in [2.45, 2.75) is 25.8 Å². The van der Waals surface area contributed by atoms with Crippen LogP contribution in [-0.2, 0) is 5.92 Å². The average molecular weight is 306 g/mol. The molecule has 0 amide bonds. The van der Waals surface area contributed by atoms with E-state index in [-0.39, 0.29) is 18.2 Å². The predicted octanol–water partition coefficient (Wildman–Crippen LogP) is 3.88. The molecule has 1 nitrogen and oxygen atoms in total. The van der Waals surface area contributed by atoms with Gasteiger partial charge >= 0.3 is 0 Å². The van der Waals surface area contributed by atoms with Gasteiger partial charge in [-0.2, -0.15) is 8.78 Å². The molecule has 0 atom stereocenters. The summed E-state index contributed by atoms with van der Waals surface area (Å²) in [5.74, 6) is -2.80. The highest BCUT2D eigenvalue weighted by Crippen LogP contribution is 2.29. The van der Waals surface area contributed by atoms with E-state index in [0.717, 1.165) is 0 Å². The van der Waals surface area contributed by atoms with Crippen molar-refractivity contribution in [3.8, 4) is 0 Å². The number of nitrogens with zero attached hydrogens (tertiary/aromatic N) is 1. The second kappa shape index (κ2) is 6.45. The van der Waals surface area contributed by atoms with Gasteiger partial charge in [0.15, 0.2) is 0 Å². The van der Waals surface area contributed by atoms with Gasteiger partial charge in [0.25, 0.3) is 5.92 Å². The Bertz CT molecular complexity index is 327.